The molecule has 0 aromatic rings. The van der Waals surface area contributed by atoms with E-state index in [2.05, 4.69) is 0 Å². The van der Waals surface area contributed by atoms with Crippen molar-refractivity contribution >= 4 is 5.97 Å². The molecule has 84 valence electrons. The van der Waals surface area contributed by atoms with Gasteiger partial charge in [0.05, 0.1) is 24.7 Å². The molecule has 2 N–H and O–H groups in total. The van der Waals surface area contributed by atoms with Crippen LogP contribution in [-0.2, 0) is 9.53 Å². The van der Waals surface area contributed by atoms with Gasteiger partial charge in [0.25, 0.3) is 0 Å². The van der Waals surface area contributed by atoms with E-state index >= 15 is 0 Å². The van der Waals surface area contributed by atoms with E-state index in [-0.39, 0.29) is 19.1 Å². The number of hydrogen-bond donors (Lipinski definition) is 2. The van der Waals surface area contributed by atoms with Crippen LogP contribution >= 0.6 is 0 Å². The van der Waals surface area contributed by atoms with E-state index in [9.17, 15) is 9.90 Å². The topological polar surface area (TPSA) is 66.8 Å². The van der Waals surface area contributed by atoms with Gasteiger partial charge in [0.2, 0.25) is 0 Å². The van der Waals surface area contributed by atoms with E-state index in [0.29, 0.717) is 6.42 Å². The third kappa shape index (κ3) is 5.94. The molecule has 0 amide bonds. The number of aliphatic hydroxyl groups excluding tert-OH is 1. The lowest BCUT2D eigenvalue weighted by Gasteiger charge is -2.16. The normalized spacial score (nSPS) is 15.5. The second-order valence-electron chi connectivity index (χ2n) is 3.72. The van der Waals surface area contributed by atoms with E-state index in [1.54, 1.807) is 6.92 Å². The predicted octanol–water partition coefficient (Wildman–Crippen LogP) is 1.27. The molecule has 0 aliphatic rings. The lowest BCUT2D eigenvalue weighted by atomic mass is 9.99. The summed E-state index contributed by atoms with van der Waals surface area (Å²) in [6, 6.07) is 0. The Kier molecular flexibility index (Phi) is 6.49. The van der Waals surface area contributed by atoms with Crippen molar-refractivity contribution in [2.75, 3.05) is 6.61 Å². The summed E-state index contributed by atoms with van der Waals surface area (Å²) in [5, 5.41) is 18.2. The summed E-state index contributed by atoms with van der Waals surface area (Å²) < 4.78 is 5.19. The van der Waals surface area contributed by atoms with Crippen LogP contribution in [0.4, 0.5) is 0 Å². The molecule has 2 atom stereocenters. The van der Waals surface area contributed by atoms with Crippen LogP contribution in [0, 0.1) is 5.92 Å². The molecule has 0 aliphatic carbocycles. The maximum Gasteiger partial charge on any atom is 0.306 e. The van der Waals surface area contributed by atoms with Crippen LogP contribution in [0.2, 0.25) is 0 Å². The molecule has 0 heterocycles. The van der Waals surface area contributed by atoms with Gasteiger partial charge < -0.3 is 14.9 Å². The molecule has 0 fully saturated rings. The van der Waals surface area contributed by atoms with Crippen molar-refractivity contribution in [1.29, 1.82) is 0 Å². The molecule has 14 heavy (non-hydrogen) atoms. The fraction of sp³-hybridized carbons (Fsp3) is 0.900. The number of hydrogen-bond acceptors (Lipinski definition) is 3. The first-order chi connectivity index (χ1) is 6.47. The summed E-state index contributed by atoms with van der Waals surface area (Å²) in [7, 11) is 0. The molecule has 0 aromatic carbocycles. The Balaban J connectivity index is 3.79. The zero-order valence-corrected chi connectivity index (χ0v) is 9.06. The van der Waals surface area contributed by atoms with Crippen molar-refractivity contribution in [3.05, 3.63) is 0 Å². The third-order valence-corrected chi connectivity index (χ3v) is 2.02. The van der Waals surface area contributed by atoms with Crippen LogP contribution < -0.4 is 0 Å². The van der Waals surface area contributed by atoms with Gasteiger partial charge in [-0.05, 0) is 26.7 Å². The molecule has 0 aromatic heterocycles. The van der Waals surface area contributed by atoms with E-state index in [0.717, 1.165) is 0 Å². The molecular weight excluding hydrogens is 184 g/mol. The van der Waals surface area contributed by atoms with Gasteiger partial charge in [-0.25, -0.2) is 0 Å². The average Bonchev–Trinajstić information content (AvgIpc) is 2.10. The summed E-state index contributed by atoms with van der Waals surface area (Å²) in [5.41, 5.74) is 0. The minimum absolute atomic E-state index is 0.0644. The number of carboxylic acids is 1. The number of ether oxygens (including phenoxy) is 1. The van der Waals surface area contributed by atoms with E-state index < -0.39 is 18.0 Å². The highest BCUT2D eigenvalue weighted by atomic mass is 16.5. The van der Waals surface area contributed by atoms with Crippen LogP contribution in [0.5, 0.6) is 0 Å². The molecule has 0 saturated carbocycles. The van der Waals surface area contributed by atoms with E-state index in [1.165, 1.54) is 0 Å². The lowest BCUT2D eigenvalue weighted by Crippen LogP contribution is -2.25. The molecule has 0 radical (unpaired) electrons. The number of carboxylic acid groups (broad SMARTS) is 1. The van der Waals surface area contributed by atoms with E-state index in [4.69, 9.17) is 9.84 Å². The first kappa shape index (κ1) is 13.4. The van der Waals surface area contributed by atoms with Crippen molar-refractivity contribution in [3.63, 3.8) is 0 Å². The Morgan fingerprint density at radius 2 is 2.00 bits per heavy atom. The molecule has 4 nitrogen and oxygen atoms in total. The van der Waals surface area contributed by atoms with Gasteiger partial charge in [0, 0.05) is 0 Å². The highest BCUT2D eigenvalue weighted by Crippen LogP contribution is 2.12. The minimum Gasteiger partial charge on any atom is -0.481 e. The van der Waals surface area contributed by atoms with Gasteiger partial charge in [-0.1, -0.05) is 6.92 Å². The number of aliphatic hydroxyl groups is 1. The molecule has 0 rings (SSSR count). The van der Waals surface area contributed by atoms with Crippen molar-refractivity contribution in [2.24, 2.45) is 5.92 Å². The average molecular weight is 204 g/mol. The molecule has 2 unspecified atom stereocenters. The summed E-state index contributed by atoms with van der Waals surface area (Å²) >= 11 is 0. The standard InChI is InChI=1S/C10H20O4/c1-4-8(10(12)13)5-9(11)6-14-7(2)3/h7-9,11H,4-6H2,1-3H3,(H,12,13). The molecule has 4 heteroatoms. The Morgan fingerprint density at radius 3 is 2.36 bits per heavy atom. The second-order valence-corrected chi connectivity index (χ2v) is 3.72. The molecule has 0 spiro atoms. The highest BCUT2D eigenvalue weighted by molar-refractivity contribution is 5.69. The molecule has 0 bridgehead atoms. The summed E-state index contributed by atoms with van der Waals surface area (Å²) in [5.74, 6) is -1.32. The van der Waals surface area contributed by atoms with Gasteiger partial charge in [0.1, 0.15) is 0 Å². The van der Waals surface area contributed by atoms with Gasteiger partial charge in [-0.2, -0.15) is 0 Å². The third-order valence-electron chi connectivity index (χ3n) is 2.02. The maximum absolute atomic E-state index is 10.7. The Labute approximate surface area is 84.9 Å². The maximum atomic E-state index is 10.7. The van der Waals surface area contributed by atoms with Crippen LogP contribution in [-0.4, -0.2) is 35.0 Å². The van der Waals surface area contributed by atoms with Crippen molar-refractivity contribution in [3.8, 4) is 0 Å². The number of rotatable bonds is 7. The zero-order chi connectivity index (χ0) is 11.1. The van der Waals surface area contributed by atoms with Crippen molar-refractivity contribution in [1.82, 2.24) is 0 Å². The summed E-state index contributed by atoms with van der Waals surface area (Å²) in [6.45, 7) is 5.76. The molecule has 0 saturated heterocycles. The second kappa shape index (κ2) is 6.79. The highest BCUT2D eigenvalue weighted by Gasteiger charge is 2.19. The SMILES string of the molecule is CCC(CC(O)COC(C)C)C(=O)O. The summed E-state index contributed by atoms with van der Waals surface area (Å²) in [6.07, 6.45) is 0.181. The fourth-order valence-corrected chi connectivity index (χ4v) is 1.14. The smallest absolute Gasteiger partial charge is 0.306 e. The van der Waals surface area contributed by atoms with Crippen molar-refractivity contribution in [2.45, 2.75) is 45.8 Å². The molecular formula is C10H20O4. The van der Waals surface area contributed by atoms with Gasteiger partial charge >= 0.3 is 5.97 Å². The number of aliphatic carboxylic acids is 1. The first-order valence-corrected chi connectivity index (χ1v) is 4.99. The Hall–Kier alpha value is -0.610. The van der Waals surface area contributed by atoms with Gasteiger partial charge in [0.15, 0.2) is 0 Å². The fourth-order valence-electron chi connectivity index (χ4n) is 1.14. The monoisotopic (exact) mass is 204 g/mol. The van der Waals surface area contributed by atoms with Gasteiger partial charge in [-0.15, -0.1) is 0 Å². The zero-order valence-electron chi connectivity index (χ0n) is 9.06. The van der Waals surface area contributed by atoms with Crippen molar-refractivity contribution < 1.29 is 19.7 Å². The van der Waals surface area contributed by atoms with Crippen LogP contribution in [0.15, 0.2) is 0 Å². The summed E-state index contributed by atoms with van der Waals surface area (Å²) in [4.78, 5) is 10.7. The van der Waals surface area contributed by atoms with Crippen LogP contribution in [0.25, 0.3) is 0 Å². The minimum atomic E-state index is -0.851. The largest absolute Gasteiger partial charge is 0.481 e. The lowest BCUT2D eigenvalue weighted by molar-refractivity contribution is -0.143. The first-order valence-electron chi connectivity index (χ1n) is 4.99. The number of carbonyl (C=O) groups is 1. The predicted molar refractivity (Wildman–Crippen MR) is 53.1 cm³/mol. The van der Waals surface area contributed by atoms with Crippen LogP contribution in [0.3, 0.4) is 0 Å². The molecule has 0 aliphatic heterocycles. The quantitative estimate of drug-likeness (QED) is 0.655. The Bertz CT molecular complexity index is 168. The van der Waals surface area contributed by atoms with Gasteiger partial charge in [-0.3, -0.25) is 4.79 Å². The Morgan fingerprint density at radius 1 is 1.43 bits per heavy atom. The van der Waals surface area contributed by atoms with E-state index in [1.807, 2.05) is 13.8 Å². The van der Waals surface area contributed by atoms with Crippen LogP contribution in [0.1, 0.15) is 33.6 Å².